The Balaban J connectivity index is 1.19. The number of benzene rings is 4. The Bertz CT molecular complexity index is 2030. The second-order valence-electron chi connectivity index (χ2n) is 12.3. The van der Waals surface area contributed by atoms with Gasteiger partial charge in [0.2, 0.25) is 0 Å². The van der Waals surface area contributed by atoms with E-state index in [1.165, 1.54) is 44.2 Å². The van der Waals surface area contributed by atoms with Crippen molar-refractivity contribution in [2.75, 3.05) is 0 Å². The molecule has 3 unspecified atom stereocenters. The molecular formula is C40H34N4. The summed E-state index contributed by atoms with van der Waals surface area (Å²) < 4.78 is 0. The van der Waals surface area contributed by atoms with E-state index >= 15 is 0 Å². The van der Waals surface area contributed by atoms with E-state index in [1.54, 1.807) is 0 Å². The van der Waals surface area contributed by atoms with Crippen molar-refractivity contribution in [3.8, 4) is 0 Å². The van der Waals surface area contributed by atoms with Crippen molar-refractivity contribution in [3.05, 3.63) is 160 Å². The second-order valence-corrected chi connectivity index (χ2v) is 12.3. The fourth-order valence-corrected chi connectivity index (χ4v) is 6.79. The van der Waals surface area contributed by atoms with E-state index in [4.69, 9.17) is 9.98 Å². The monoisotopic (exact) mass is 570 g/mol. The highest BCUT2D eigenvalue weighted by Crippen LogP contribution is 2.34. The molecule has 2 aliphatic carbocycles. The van der Waals surface area contributed by atoms with Gasteiger partial charge in [-0.05, 0) is 87.0 Å². The first kappa shape index (κ1) is 26.5. The van der Waals surface area contributed by atoms with E-state index in [0.717, 1.165) is 41.2 Å². The molecule has 4 nitrogen and oxygen atoms in total. The van der Waals surface area contributed by atoms with Crippen LogP contribution in [0.2, 0.25) is 0 Å². The van der Waals surface area contributed by atoms with Crippen LogP contribution in [0, 0.1) is 5.92 Å². The Hall–Kier alpha value is -5.09. The van der Waals surface area contributed by atoms with Crippen LogP contribution < -0.4 is 5.32 Å². The van der Waals surface area contributed by atoms with Crippen molar-refractivity contribution in [3.63, 3.8) is 0 Å². The number of hydrogen-bond donors (Lipinski definition) is 1. The van der Waals surface area contributed by atoms with Crippen molar-refractivity contribution in [2.45, 2.75) is 38.8 Å². The minimum Gasteiger partial charge on any atom is -0.344 e. The standard InChI is InChI=1S/C40H34N4/c1-25-20-32-18-19-41-24-37(32)36(21-25)28-11-13-29(14-12-28)38-42-39(33-15-10-27-7-3-4-8-30(27)22-33)44-40(43-38)34-16-17-35-26(2)6-5-9-31(35)23-34/h3-5,7-19,21-26,39H,6,20H2,1-2H3,(H,42,43,44). The highest BCUT2D eigenvalue weighted by molar-refractivity contribution is 6.13. The summed E-state index contributed by atoms with van der Waals surface area (Å²) in [5.41, 5.74) is 10.9. The number of aromatic nitrogens is 1. The molecule has 0 spiro atoms. The lowest BCUT2D eigenvalue weighted by Gasteiger charge is -2.25. The normalized spacial score (nSPS) is 20.6. The third-order valence-corrected chi connectivity index (χ3v) is 9.16. The van der Waals surface area contributed by atoms with Crippen LogP contribution in [0.3, 0.4) is 0 Å². The molecule has 4 heteroatoms. The number of amidine groups is 2. The maximum atomic E-state index is 5.17. The molecule has 0 bridgehead atoms. The van der Waals surface area contributed by atoms with Crippen LogP contribution in [0.25, 0.3) is 22.4 Å². The SMILES string of the molecule is CC1C=C(c2ccc(C3=NC(c4ccc5ccccc5c4)NC(c4ccc5c(c4)C=CCC5C)=N3)cc2)c2cnccc2C1. The van der Waals surface area contributed by atoms with Gasteiger partial charge < -0.3 is 5.32 Å². The summed E-state index contributed by atoms with van der Waals surface area (Å²) in [7, 11) is 0. The van der Waals surface area contributed by atoms with Gasteiger partial charge in [0.1, 0.15) is 12.0 Å². The molecule has 2 heterocycles. The average Bonchev–Trinajstić information content (AvgIpc) is 3.07. The van der Waals surface area contributed by atoms with Gasteiger partial charge in [0, 0.05) is 29.1 Å². The van der Waals surface area contributed by atoms with Crippen LogP contribution in [0.5, 0.6) is 0 Å². The van der Waals surface area contributed by atoms with Crippen LogP contribution in [-0.4, -0.2) is 16.7 Å². The Morgan fingerprint density at radius 3 is 2.50 bits per heavy atom. The quantitative estimate of drug-likeness (QED) is 0.235. The average molecular weight is 571 g/mol. The minimum absolute atomic E-state index is 0.257. The Labute approximate surface area is 258 Å². The molecule has 0 saturated carbocycles. The van der Waals surface area contributed by atoms with Crippen molar-refractivity contribution in [2.24, 2.45) is 15.9 Å². The maximum Gasteiger partial charge on any atom is 0.159 e. The number of rotatable bonds is 4. The summed E-state index contributed by atoms with van der Waals surface area (Å²) in [5.74, 6) is 2.59. The summed E-state index contributed by atoms with van der Waals surface area (Å²) in [6.07, 6.45) is 12.7. The van der Waals surface area contributed by atoms with Crippen LogP contribution in [0.4, 0.5) is 0 Å². The smallest absolute Gasteiger partial charge is 0.159 e. The summed E-state index contributed by atoms with van der Waals surface area (Å²) in [4.78, 5) is 14.7. The molecule has 5 aromatic rings. The largest absolute Gasteiger partial charge is 0.344 e. The molecule has 0 saturated heterocycles. The van der Waals surface area contributed by atoms with Gasteiger partial charge in [0.25, 0.3) is 0 Å². The van der Waals surface area contributed by atoms with E-state index in [1.807, 2.05) is 12.4 Å². The number of allylic oxidation sites excluding steroid dienone is 2. The first-order valence-corrected chi connectivity index (χ1v) is 15.6. The Morgan fingerprint density at radius 1 is 0.795 bits per heavy atom. The molecular weight excluding hydrogens is 536 g/mol. The van der Waals surface area contributed by atoms with Gasteiger partial charge in [0.15, 0.2) is 5.84 Å². The van der Waals surface area contributed by atoms with Gasteiger partial charge in [-0.2, -0.15) is 0 Å². The third-order valence-electron chi connectivity index (χ3n) is 9.16. The summed E-state index contributed by atoms with van der Waals surface area (Å²) in [6.45, 7) is 4.57. The highest BCUT2D eigenvalue weighted by Gasteiger charge is 2.23. The van der Waals surface area contributed by atoms with E-state index in [-0.39, 0.29) is 6.17 Å². The molecule has 8 rings (SSSR count). The van der Waals surface area contributed by atoms with Crippen LogP contribution in [0.1, 0.15) is 76.9 Å². The molecule has 0 radical (unpaired) electrons. The van der Waals surface area contributed by atoms with Gasteiger partial charge in [-0.1, -0.05) is 105 Å². The Kier molecular flexibility index (Phi) is 6.56. The molecule has 0 fully saturated rings. The van der Waals surface area contributed by atoms with Crippen LogP contribution in [0.15, 0.2) is 126 Å². The van der Waals surface area contributed by atoms with Gasteiger partial charge in [-0.25, -0.2) is 9.98 Å². The molecule has 214 valence electrons. The maximum absolute atomic E-state index is 5.17. The van der Waals surface area contributed by atoms with Gasteiger partial charge in [-0.15, -0.1) is 0 Å². The Morgan fingerprint density at radius 2 is 1.61 bits per heavy atom. The molecule has 1 aliphatic heterocycles. The lowest BCUT2D eigenvalue weighted by Crippen LogP contribution is -2.33. The number of fused-ring (bicyclic) bond motifs is 3. The predicted molar refractivity (Wildman–Crippen MR) is 182 cm³/mol. The van der Waals surface area contributed by atoms with Gasteiger partial charge >= 0.3 is 0 Å². The number of aliphatic imine (C=N–C) groups is 2. The highest BCUT2D eigenvalue weighted by atomic mass is 15.2. The van der Waals surface area contributed by atoms with Crippen molar-refractivity contribution in [1.82, 2.24) is 10.3 Å². The molecule has 44 heavy (non-hydrogen) atoms. The molecule has 3 atom stereocenters. The molecule has 1 aromatic heterocycles. The lowest BCUT2D eigenvalue weighted by molar-refractivity contribution is 0.675. The van der Waals surface area contributed by atoms with Crippen molar-refractivity contribution in [1.29, 1.82) is 0 Å². The van der Waals surface area contributed by atoms with E-state index in [2.05, 4.69) is 133 Å². The van der Waals surface area contributed by atoms with Crippen molar-refractivity contribution >= 4 is 34.1 Å². The predicted octanol–water partition coefficient (Wildman–Crippen LogP) is 8.87. The fraction of sp³-hybridized carbons (Fsp3) is 0.175. The summed E-state index contributed by atoms with van der Waals surface area (Å²) >= 11 is 0. The van der Waals surface area contributed by atoms with Gasteiger partial charge in [-0.3, -0.25) is 4.98 Å². The zero-order valence-electron chi connectivity index (χ0n) is 25.0. The molecule has 0 amide bonds. The third kappa shape index (κ3) is 4.87. The lowest BCUT2D eigenvalue weighted by atomic mass is 9.83. The first-order valence-electron chi connectivity index (χ1n) is 15.6. The summed E-state index contributed by atoms with van der Waals surface area (Å²) in [5, 5.41) is 6.09. The van der Waals surface area contributed by atoms with Crippen LogP contribution >= 0.6 is 0 Å². The summed E-state index contributed by atoms with van der Waals surface area (Å²) in [6, 6.07) is 32.7. The van der Waals surface area contributed by atoms with Gasteiger partial charge in [0.05, 0.1) is 0 Å². The first-order chi connectivity index (χ1) is 21.6. The molecule has 4 aromatic carbocycles. The van der Waals surface area contributed by atoms with Crippen molar-refractivity contribution < 1.29 is 0 Å². The van der Waals surface area contributed by atoms with E-state index < -0.39 is 0 Å². The van der Waals surface area contributed by atoms with E-state index in [0.29, 0.717) is 11.8 Å². The zero-order valence-corrected chi connectivity index (χ0v) is 25.0. The van der Waals surface area contributed by atoms with Crippen LogP contribution in [-0.2, 0) is 6.42 Å². The molecule has 3 aliphatic rings. The van der Waals surface area contributed by atoms with E-state index in [9.17, 15) is 0 Å². The molecule has 1 N–H and O–H groups in total. The topological polar surface area (TPSA) is 49.6 Å². The number of nitrogens with zero attached hydrogens (tertiary/aromatic N) is 3. The fourth-order valence-electron chi connectivity index (χ4n) is 6.79. The number of pyridine rings is 1. The number of nitrogens with one attached hydrogen (secondary N) is 1. The minimum atomic E-state index is -0.257. The second kappa shape index (κ2) is 10.9. The zero-order chi connectivity index (χ0) is 29.6. The number of hydrogen-bond acceptors (Lipinski definition) is 4.